The molecule has 1 aliphatic carbocycles. The number of nitriles is 1. The van der Waals surface area contributed by atoms with E-state index >= 15 is 0 Å². The van der Waals surface area contributed by atoms with Gasteiger partial charge < -0.3 is 19.3 Å². The second kappa shape index (κ2) is 7.76. The van der Waals surface area contributed by atoms with Gasteiger partial charge in [0.15, 0.2) is 0 Å². The molecule has 1 saturated carbocycles. The number of amides is 2. The summed E-state index contributed by atoms with van der Waals surface area (Å²) in [6.45, 7) is 1.08. The molecule has 0 atom stereocenters. The number of halogens is 3. The van der Waals surface area contributed by atoms with Gasteiger partial charge in [0.1, 0.15) is 17.2 Å². The molecule has 1 N–H and O–H groups in total. The van der Waals surface area contributed by atoms with Crippen molar-refractivity contribution in [2.45, 2.75) is 43.9 Å². The Hall–Kier alpha value is -3.06. The first-order chi connectivity index (χ1) is 15.7. The zero-order valence-electron chi connectivity index (χ0n) is 17.7. The van der Waals surface area contributed by atoms with Gasteiger partial charge >= 0.3 is 6.18 Å². The number of β-amino-alcohol motifs (C(OH)–C–C–N with tert-alkyl or cyclic N) is 1. The van der Waals surface area contributed by atoms with Crippen molar-refractivity contribution in [3.63, 3.8) is 0 Å². The molecule has 1 aromatic carbocycles. The standard InChI is InChI=1S/C23H22F3N3O4/c24-23(25,26)18-8-14(12-1-2-12)7-16-17(9-27)20(33-19(16)18)22(32)28-5-3-13(4-6-28)21(31)29-10-15(30)11-29/h7-8,12-13,15,30H,1-6,10-11H2. The second-order valence-corrected chi connectivity index (χ2v) is 9.10. The molecule has 3 fully saturated rings. The summed E-state index contributed by atoms with van der Waals surface area (Å²) < 4.78 is 46.6. The van der Waals surface area contributed by atoms with Gasteiger partial charge in [0.2, 0.25) is 11.7 Å². The number of carbonyl (C=O) groups excluding carboxylic acids is 2. The van der Waals surface area contributed by atoms with Gasteiger partial charge in [-0.2, -0.15) is 18.4 Å². The van der Waals surface area contributed by atoms with Gasteiger partial charge in [0.05, 0.1) is 11.7 Å². The Bertz CT molecular complexity index is 1160. The van der Waals surface area contributed by atoms with E-state index in [-0.39, 0.29) is 47.5 Å². The Balaban J connectivity index is 1.41. The van der Waals surface area contributed by atoms with Crippen LogP contribution in [0.4, 0.5) is 13.2 Å². The summed E-state index contributed by atoms with van der Waals surface area (Å²) in [6, 6.07) is 4.47. The van der Waals surface area contributed by atoms with Gasteiger partial charge in [-0.25, -0.2) is 0 Å². The molecule has 174 valence electrons. The number of hydrogen-bond acceptors (Lipinski definition) is 5. The number of piperidine rings is 1. The molecule has 1 aromatic heterocycles. The normalized spacial score (nSPS) is 20.1. The van der Waals surface area contributed by atoms with Crippen LogP contribution in [0.15, 0.2) is 16.5 Å². The van der Waals surface area contributed by atoms with Crippen LogP contribution in [0.2, 0.25) is 0 Å². The molecule has 10 heteroatoms. The van der Waals surface area contributed by atoms with Crippen LogP contribution in [-0.2, 0) is 11.0 Å². The third-order valence-electron chi connectivity index (χ3n) is 6.78. The molecule has 0 bridgehead atoms. The predicted octanol–water partition coefficient (Wildman–Crippen LogP) is 3.26. The van der Waals surface area contributed by atoms with E-state index in [0.717, 1.165) is 18.9 Å². The first-order valence-electron chi connectivity index (χ1n) is 11.0. The maximum atomic E-state index is 13.7. The third kappa shape index (κ3) is 3.84. The lowest BCUT2D eigenvalue weighted by Gasteiger charge is -2.40. The van der Waals surface area contributed by atoms with Crippen LogP contribution in [0.1, 0.15) is 58.8 Å². The van der Waals surface area contributed by atoms with E-state index in [9.17, 15) is 33.1 Å². The minimum Gasteiger partial charge on any atom is -0.449 e. The maximum Gasteiger partial charge on any atom is 0.420 e. The summed E-state index contributed by atoms with van der Waals surface area (Å²) in [7, 11) is 0. The number of likely N-dealkylation sites (tertiary alicyclic amines) is 2. The van der Waals surface area contributed by atoms with Crippen molar-refractivity contribution < 1.29 is 32.3 Å². The highest BCUT2D eigenvalue weighted by Crippen LogP contribution is 2.46. The zero-order valence-corrected chi connectivity index (χ0v) is 17.7. The summed E-state index contributed by atoms with van der Waals surface area (Å²) in [5.41, 5.74) is -1.15. The minimum atomic E-state index is -4.68. The molecule has 0 spiro atoms. The molecule has 2 saturated heterocycles. The number of hydrogen-bond donors (Lipinski definition) is 1. The van der Waals surface area contributed by atoms with E-state index in [2.05, 4.69) is 0 Å². The van der Waals surface area contributed by atoms with Gasteiger partial charge in [0.25, 0.3) is 5.91 Å². The molecule has 0 unspecified atom stereocenters. The highest BCUT2D eigenvalue weighted by molar-refractivity contribution is 6.02. The highest BCUT2D eigenvalue weighted by Gasteiger charge is 2.40. The van der Waals surface area contributed by atoms with Gasteiger partial charge in [-0.05, 0) is 49.3 Å². The fourth-order valence-electron chi connectivity index (χ4n) is 4.71. The average Bonchev–Trinajstić information content (AvgIpc) is 3.55. The van der Waals surface area contributed by atoms with Crippen LogP contribution in [0.5, 0.6) is 0 Å². The van der Waals surface area contributed by atoms with Crippen molar-refractivity contribution >= 4 is 22.8 Å². The van der Waals surface area contributed by atoms with E-state index in [4.69, 9.17) is 4.42 Å². The highest BCUT2D eigenvalue weighted by atomic mass is 19.4. The van der Waals surface area contributed by atoms with Gasteiger partial charge in [-0.15, -0.1) is 0 Å². The summed E-state index contributed by atoms with van der Waals surface area (Å²) >= 11 is 0. The third-order valence-corrected chi connectivity index (χ3v) is 6.78. The number of furan rings is 1. The predicted molar refractivity (Wildman–Crippen MR) is 109 cm³/mol. The molecule has 2 amide bonds. The SMILES string of the molecule is N#Cc1c(C(=O)N2CCC(C(=O)N3CC(O)C3)CC2)oc2c(C(F)(F)F)cc(C3CC3)cc12. The molecule has 5 rings (SSSR count). The summed E-state index contributed by atoms with van der Waals surface area (Å²) in [4.78, 5) is 28.6. The van der Waals surface area contributed by atoms with E-state index in [1.165, 1.54) is 11.0 Å². The van der Waals surface area contributed by atoms with E-state index in [0.29, 0.717) is 31.5 Å². The summed E-state index contributed by atoms with van der Waals surface area (Å²) in [5.74, 6) is -1.34. The Kier molecular flexibility index (Phi) is 5.12. The van der Waals surface area contributed by atoms with Crippen molar-refractivity contribution in [1.29, 1.82) is 5.26 Å². The van der Waals surface area contributed by atoms with Gasteiger partial charge in [-0.3, -0.25) is 9.59 Å². The fraction of sp³-hybridized carbons (Fsp3) is 0.522. The first kappa shape index (κ1) is 21.8. The fourth-order valence-corrected chi connectivity index (χ4v) is 4.71. The summed E-state index contributed by atoms with van der Waals surface area (Å²) in [5, 5.41) is 19.1. The Labute approximate surface area is 187 Å². The number of benzene rings is 1. The van der Waals surface area contributed by atoms with Gasteiger partial charge in [0, 0.05) is 37.5 Å². The number of aliphatic hydroxyl groups is 1. The molecular formula is C23H22F3N3O4. The molecule has 7 nitrogen and oxygen atoms in total. The van der Waals surface area contributed by atoms with Crippen LogP contribution in [0.25, 0.3) is 11.0 Å². The van der Waals surface area contributed by atoms with Gasteiger partial charge in [-0.1, -0.05) is 0 Å². The number of fused-ring (bicyclic) bond motifs is 1. The van der Waals surface area contributed by atoms with Crippen molar-refractivity contribution in [1.82, 2.24) is 9.80 Å². The number of aliphatic hydroxyl groups excluding tert-OH is 1. The minimum absolute atomic E-state index is 0.0129. The van der Waals surface area contributed by atoms with E-state index in [1.54, 1.807) is 4.90 Å². The Morgan fingerprint density at radius 3 is 2.30 bits per heavy atom. The van der Waals surface area contributed by atoms with Crippen LogP contribution in [-0.4, -0.2) is 59.0 Å². The lowest BCUT2D eigenvalue weighted by atomic mass is 9.93. The maximum absolute atomic E-state index is 13.7. The van der Waals surface area contributed by atoms with Crippen molar-refractivity contribution in [3.8, 4) is 6.07 Å². The smallest absolute Gasteiger partial charge is 0.420 e. The topological polar surface area (TPSA) is 97.8 Å². The van der Waals surface area contributed by atoms with Crippen LogP contribution < -0.4 is 0 Å². The number of carbonyl (C=O) groups is 2. The van der Waals surface area contributed by atoms with Crippen molar-refractivity contribution in [2.24, 2.45) is 5.92 Å². The molecule has 2 aromatic rings. The number of alkyl halides is 3. The monoisotopic (exact) mass is 461 g/mol. The van der Waals surface area contributed by atoms with E-state index < -0.39 is 29.3 Å². The summed E-state index contributed by atoms with van der Waals surface area (Å²) in [6.07, 6.45) is -2.79. The number of rotatable bonds is 3. The van der Waals surface area contributed by atoms with Crippen molar-refractivity contribution in [3.05, 3.63) is 34.6 Å². The second-order valence-electron chi connectivity index (χ2n) is 9.10. The largest absolute Gasteiger partial charge is 0.449 e. The Morgan fingerprint density at radius 1 is 1.09 bits per heavy atom. The lowest BCUT2D eigenvalue weighted by Crippen LogP contribution is -2.56. The zero-order chi connectivity index (χ0) is 23.5. The molecule has 2 aliphatic heterocycles. The van der Waals surface area contributed by atoms with Crippen molar-refractivity contribution in [2.75, 3.05) is 26.2 Å². The van der Waals surface area contributed by atoms with E-state index in [1.807, 2.05) is 6.07 Å². The van der Waals surface area contributed by atoms with Crippen LogP contribution in [0.3, 0.4) is 0 Å². The molecule has 3 heterocycles. The Morgan fingerprint density at radius 2 is 1.76 bits per heavy atom. The first-order valence-corrected chi connectivity index (χ1v) is 11.0. The lowest BCUT2D eigenvalue weighted by molar-refractivity contribution is -0.147. The quantitative estimate of drug-likeness (QED) is 0.757. The average molecular weight is 461 g/mol. The molecule has 33 heavy (non-hydrogen) atoms. The van der Waals surface area contributed by atoms with Crippen LogP contribution >= 0.6 is 0 Å². The molecule has 0 radical (unpaired) electrons. The molecular weight excluding hydrogens is 439 g/mol. The van der Waals surface area contributed by atoms with Crippen LogP contribution in [0, 0.1) is 17.2 Å². The number of nitrogens with zero attached hydrogens (tertiary/aromatic N) is 3. The molecule has 3 aliphatic rings.